The molecule has 2 rings (SSSR count). The lowest BCUT2D eigenvalue weighted by Gasteiger charge is -2.17. The molecule has 0 aliphatic heterocycles. The van der Waals surface area contributed by atoms with Crippen LogP contribution >= 0.6 is 0 Å². The predicted octanol–water partition coefficient (Wildman–Crippen LogP) is 3.22. The van der Waals surface area contributed by atoms with Gasteiger partial charge in [-0.25, -0.2) is 0 Å². The molecule has 1 atom stereocenters. The van der Waals surface area contributed by atoms with E-state index in [1.165, 1.54) is 11.3 Å². The number of hydrogen-bond donors (Lipinski definition) is 2. The Balaban J connectivity index is 2.25. The number of rotatable bonds is 3. The molecule has 102 valence electrons. The van der Waals surface area contributed by atoms with E-state index in [9.17, 15) is 5.11 Å². The van der Waals surface area contributed by atoms with Crippen molar-refractivity contribution >= 4 is 5.69 Å². The van der Waals surface area contributed by atoms with Crippen LogP contribution < -0.4 is 5.32 Å². The molecule has 0 fully saturated rings. The van der Waals surface area contributed by atoms with Crippen LogP contribution in [0.15, 0.2) is 18.2 Å². The molecule has 1 aromatic heterocycles. The van der Waals surface area contributed by atoms with Crippen LogP contribution in [0.5, 0.6) is 5.75 Å². The first-order valence-corrected chi connectivity index (χ1v) is 6.46. The van der Waals surface area contributed by atoms with E-state index in [2.05, 4.69) is 24.3 Å². The number of aromatic hydroxyl groups is 1. The maximum absolute atomic E-state index is 9.55. The van der Waals surface area contributed by atoms with Gasteiger partial charge in [0.05, 0.1) is 11.7 Å². The van der Waals surface area contributed by atoms with Crippen LogP contribution in [0.4, 0.5) is 5.69 Å². The molecule has 0 saturated carbocycles. The fourth-order valence-electron chi connectivity index (χ4n) is 2.48. The molecule has 0 spiro atoms. The van der Waals surface area contributed by atoms with Gasteiger partial charge in [-0.15, -0.1) is 0 Å². The van der Waals surface area contributed by atoms with Crippen LogP contribution in [0.25, 0.3) is 0 Å². The number of anilines is 1. The maximum Gasteiger partial charge on any atom is 0.118 e. The Kier molecular flexibility index (Phi) is 3.51. The van der Waals surface area contributed by atoms with Crippen LogP contribution in [0.1, 0.15) is 35.5 Å². The number of phenolic OH excluding ortho intramolecular Hbond substituents is 1. The second-order valence-corrected chi connectivity index (χ2v) is 5.08. The third kappa shape index (κ3) is 2.57. The molecule has 1 heterocycles. The fraction of sp³-hybridized carbons (Fsp3) is 0.400. The largest absolute Gasteiger partial charge is 0.508 e. The standard InChI is InChI=1S/C15H21N3O/c1-9-8-13(6-7-14(9)19)16-10(2)15-11(3)17-18(5)12(15)4/h6-8,10,16,19H,1-5H3. The van der Waals surface area contributed by atoms with Crippen LogP contribution in [-0.4, -0.2) is 14.9 Å². The third-order valence-electron chi connectivity index (χ3n) is 3.58. The van der Waals surface area contributed by atoms with E-state index in [0.717, 1.165) is 16.9 Å². The Morgan fingerprint density at radius 2 is 1.95 bits per heavy atom. The zero-order valence-electron chi connectivity index (χ0n) is 12.2. The van der Waals surface area contributed by atoms with Crippen LogP contribution in [0, 0.1) is 20.8 Å². The molecule has 4 nitrogen and oxygen atoms in total. The second kappa shape index (κ2) is 4.96. The highest BCUT2D eigenvalue weighted by molar-refractivity contribution is 5.52. The average molecular weight is 259 g/mol. The van der Waals surface area contributed by atoms with Crippen LogP contribution in [0.3, 0.4) is 0 Å². The van der Waals surface area contributed by atoms with Crippen molar-refractivity contribution in [3.05, 3.63) is 40.7 Å². The quantitative estimate of drug-likeness (QED) is 0.832. The number of phenols is 1. The molecule has 2 N–H and O–H groups in total. The van der Waals surface area contributed by atoms with Gasteiger partial charge in [0, 0.05) is 24.0 Å². The summed E-state index contributed by atoms with van der Waals surface area (Å²) < 4.78 is 1.91. The summed E-state index contributed by atoms with van der Waals surface area (Å²) in [7, 11) is 1.96. The number of nitrogens with zero attached hydrogens (tertiary/aromatic N) is 2. The molecular weight excluding hydrogens is 238 g/mol. The Hall–Kier alpha value is -1.97. The number of aryl methyl sites for hydroxylation is 3. The third-order valence-corrected chi connectivity index (χ3v) is 3.58. The van der Waals surface area contributed by atoms with Crippen molar-refractivity contribution < 1.29 is 5.11 Å². The fourth-order valence-corrected chi connectivity index (χ4v) is 2.48. The topological polar surface area (TPSA) is 50.1 Å². The van der Waals surface area contributed by atoms with E-state index in [-0.39, 0.29) is 6.04 Å². The number of nitrogens with one attached hydrogen (secondary N) is 1. The van der Waals surface area contributed by atoms with Gasteiger partial charge in [0.15, 0.2) is 0 Å². The van der Waals surface area contributed by atoms with Crippen molar-refractivity contribution in [2.45, 2.75) is 33.7 Å². The molecule has 1 aromatic carbocycles. The monoisotopic (exact) mass is 259 g/mol. The van der Waals surface area contributed by atoms with E-state index in [1.807, 2.05) is 37.7 Å². The smallest absolute Gasteiger partial charge is 0.118 e. The molecule has 4 heteroatoms. The van der Waals surface area contributed by atoms with Gasteiger partial charge in [0.2, 0.25) is 0 Å². The Morgan fingerprint density at radius 1 is 1.26 bits per heavy atom. The van der Waals surface area contributed by atoms with Crippen molar-refractivity contribution in [1.82, 2.24) is 9.78 Å². The summed E-state index contributed by atoms with van der Waals surface area (Å²) in [6.07, 6.45) is 0. The van der Waals surface area contributed by atoms with E-state index in [0.29, 0.717) is 5.75 Å². The first kappa shape index (κ1) is 13.5. The van der Waals surface area contributed by atoms with Gasteiger partial charge in [-0.3, -0.25) is 4.68 Å². The van der Waals surface area contributed by atoms with Gasteiger partial charge >= 0.3 is 0 Å². The van der Waals surface area contributed by atoms with Gasteiger partial charge in [-0.1, -0.05) is 0 Å². The molecule has 0 aliphatic rings. The van der Waals surface area contributed by atoms with Crippen LogP contribution in [0.2, 0.25) is 0 Å². The Labute approximate surface area is 114 Å². The summed E-state index contributed by atoms with van der Waals surface area (Å²) in [5, 5.41) is 17.4. The number of hydrogen-bond acceptors (Lipinski definition) is 3. The Bertz CT molecular complexity index is 602. The van der Waals surface area contributed by atoms with E-state index in [1.54, 1.807) is 6.07 Å². The maximum atomic E-state index is 9.55. The molecule has 0 amide bonds. The minimum atomic E-state index is 0.178. The highest BCUT2D eigenvalue weighted by Crippen LogP contribution is 2.27. The average Bonchev–Trinajstić information content (AvgIpc) is 2.58. The zero-order chi connectivity index (χ0) is 14.2. The summed E-state index contributed by atoms with van der Waals surface area (Å²) in [6.45, 7) is 8.13. The summed E-state index contributed by atoms with van der Waals surface area (Å²) in [4.78, 5) is 0. The summed E-state index contributed by atoms with van der Waals surface area (Å²) in [5.74, 6) is 0.326. The molecular formula is C15H21N3O. The first-order chi connectivity index (χ1) is 8.90. The molecule has 19 heavy (non-hydrogen) atoms. The van der Waals surface area contributed by atoms with Crippen molar-refractivity contribution in [1.29, 1.82) is 0 Å². The van der Waals surface area contributed by atoms with Crippen molar-refractivity contribution in [2.24, 2.45) is 7.05 Å². The van der Waals surface area contributed by atoms with Gasteiger partial charge < -0.3 is 10.4 Å². The summed E-state index contributed by atoms with van der Waals surface area (Å²) in [6, 6.07) is 5.73. The van der Waals surface area contributed by atoms with Crippen molar-refractivity contribution in [3.63, 3.8) is 0 Å². The first-order valence-electron chi connectivity index (χ1n) is 6.46. The van der Waals surface area contributed by atoms with E-state index < -0.39 is 0 Å². The van der Waals surface area contributed by atoms with Gasteiger partial charge in [-0.05, 0) is 51.5 Å². The van der Waals surface area contributed by atoms with E-state index in [4.69, 9.17) is 0 Å². The highest BCUT2D eigenvalue weighted by Gasteiger charge is 2.16. The van der Waals surface area contributed by atoms with Crippen molar-refractivity contribution in [3.8, 4) is 5.75 Å². The Morgan fingerprint density at radius 3 is 2.47 bits per heavy atom. The summed E-state index contributed by atoms with van der Waals surface area (Å²) >= 11 is 0. The number of benzene rings is 1. The molecule has 0 radical (unpaired) electrons. The van der Waals surface area contributed by atoms with Crippen LogP contribution in [-0.2, 0) is 7.05 Å². The zero-order valence-corrected chi connectivity index (χ0v) is 12.2. The lowest BCUT2D eigenvalue weighted by molar-refractivity contribution is 0.471. The van der Waals surface area contributed by atoms with Crippen molar-refractivity contribution in [2.75, 3.05) is 5.32 Å². The SMILES string of the molecule is Cc1cc(NC(C)c2c(C)nn(C)c2C)ccc1O. The van der Waals surface area contributed by atoms with Gasteiger partial charge in [0.25, 0.3) is 0 Å². The predicted molar refractivity (Wildman–Crippen MR) is 77.6 cm³/mol. The highest BCUT2D eigenvalue weighted by atomic mass is 16.3. The molecule has 0 saturated heterocycles. The summed E-state index contributed by atoms with van der Waals surface area (Å²) in [5.41, 5.74) is 5.33. The lowest BCUT2D eigenvalue weighted by Crippen LogP contribution is -2.09. The number of aromatic nitrogens is 2. The minimum Gasteiger partial charge on any atom is -0.508 e. The molecule has 0 bridgehead atoms. The normalized spacial score (nSPS) is 12.5. The molecule has 2 aromatic rings. The molecule has 1 unspecified atom stereocenters. The van der Waals surface area contributed by atoms with E-state index >= 15 is 0 Å². The van der Waals surface area contributed by atoms with Gasteiger partial charge in [-0.2, -0.15) is 5.10 Å². The molecule has 0 aliphatic carbocycles. The second-order valence-electron chi connectivity index (χ2n) is 5.08. The minimum absolute atomic E-state index is 0.178. The van der Waals surface area contributed by atoms with Gasteiger partial charge in [0.1, 0.15) is 5.75 Å². The lowest BCUT2D eigenvalue weighted by atomic mass is 10.1.